The zero-order chi connectivity index (χ0) is 16.9. The van der Waals surface area contributed by atoms with Crippen LogP contribution in [-0.2, 0) is 23.9 Å². The van der Waals surface area contributed by atoms with Crippen LogP contribution in [0.15, 0.2) is 0 Å². The van der Waals surface area contributed by atoms with Gasteiger partial charge >= 0.3 is 11.9 Å². The Bertz CT molecular complexity index is 514. The zero-order valence-electron chi connectivity index (χ0n) is 13.4. The SMILES string of the molecule is CC(C)(C)C(=O)OCOC(=O)[C@@H]1N2C(=O)[C@H](N)[C@@H]2SC1(C)C. The van der Waals surface area contributed by atoms with Crippen molar-refractivity contribution in [3.05, 3.63) is 0 Å². The molecule has 0 aliphatic carbocycles. The standard InChI is InChI=1S/C14H22N2O5S/c1-13(2,3)12(19)21-6-20-11(18)8-14(4,5)22-10-7(15)9(17)16(8)10/h7-8,10H,6,15H2,1-5H3/t7-,8-,10-/m0/s1. The summed E-state index contributed by atoms with van der Waals surface area (Å²) >= 11 is 1.48. The first kappa shape index (κ1) is 17.1. The maximum Gasteiger partial charge on any atom is 0.333 e. The molecule has 2 aliphatic heterocycles. The molecule has 8 heteroatoms. The van der Waals surface area contributed by atoms with Crippen molar-refractivity contribution < 1.29 is 23.9 Å². The minimum atomic E-state index is -0.719. The lowest BCUT2D eigenvalue weighted by atomic mass is 9.96. The molecular formula is C14H22N2O5S. The number of hydrogen-bond acceptors (Lipinski definition) is 7. The molecule has 124 valence electrons. The molecule has 0 bridgehead atoms. The van der Waals surface area contributed by atoms with E-state index in [0.29, 0.717) is 0 Å². The minimum absolute atomic E-state index is 0.197. The lowest BCUT2D eigenvalue weighted by Gasteiger charge is -2.41. The van der Waals surface area contributed by atoms with Crippen molar-refractivity contribution in [2.75, 3.05) is 6.79 Å². The quantitative estimate of drug-likeness (QED) is 0.456. The first-order chi connectivity index (χ1) is 9.97. The van der Waals surface area contributed by atoms with Gasteiger partial charge in [0.2, 0.25) is 12.7 Å². The average molecular weight is 330 g/mol. The normalized spacial score (nSPS) is 29.6. The van der Waals surface area contributed by atoms with Gasteiger partial charge in [-0.25, -0.2) is 4.79 Å². The van der Waals surface area contributed by atoms with Crippen molar-refractivity contribution in [1.82, 2.24) is 4.90 Å². The molecule has 2 fully saturated rings. The van der Waals surface area contributed by atoms with Crippen LogP contribution in [-0.4, -0.2) is 51.7 Å². The molecule has 3 atom stereocenters. The summed E-state index contributed by atoms with van der Waals surface area (Å²) in [6.07, 6.45) is 0. The summed E-state index contributed by atoms with van der Waals surface area (Å²) in [5.41, 5.74) is 5.08. The molecule has 1 amide bonds. The van der Waals surface area contributed by atoms with Crippen LogP contribution >= 0.6 is 11.8 Å². The molecule has 7 nitrogen and oxygen atoms in total. The first-order valence-corrected chi connectivity index (χ1v) is 7.94. The Kier molecular flexibility index (Phi) is 4.20. The molecule has 0 unspecified atom stereocenters. The molecule has 0 saturated carbocycles. The average Bonchev–Trinajstić information content (AvgIpc) is 2.65. The predicted octanol–water partition coefficient (Wildman–Crippen LogP) is 0.466. The van der Waals surface area contributed by atoms with Gasteiger partial charge < -0.3 is 20.1 Å². The Balaban J connectivity index is 1.95. The Morgan fingerprint density at radius 2 is 1.91 bits per heavy atom. The van der Waals surface area contributed by atoms with Crippen LogP contribution in [0, 0.1) is 5.41 Å². The molecule has 2 heterocycles. The Morgan fingerprint density at radius 1 is 1.32 bits per heavy atom. The molecule has 2 rings (SSSR count). The van der Waals surface area contributed by atoms with Gasteiger partial charge in [0.25, 0.3) is 0 Å². The van der Waals surface area contributed by atoms with Crippen molar-refractivity contribution in [3.63, 3.8) is 0 Å². The molecule has 0 spiro atoms. The fourth-order valence-corrected chi connectivity index (χ4v) is 4.02. The molecule has 2 saturated heterocycles. The lowest BCUT2D eigenvalue weighted by molar-refractivity contribution is -0.179. The first-order valence-electron chi connectivity index (χ1n) is 7.06. The lowest BCUT2D eigenvalue weighted by Crippen LogP contribution is -2.68. The van der Waals surface area contributed by atoms with E-state index in [1.807, 2.05) is 13.8 Å². The van der Waals surface area contributed by atoms with Crippen molar-refractivity contribution >= 4 is 29.6 Å². The van der Waals surface area contributed by atoms with Crippen LogP contribution in [0.1, 0.15) is 34.6 Å². The van der Waals surface area contributed by atoms with Gasteiger partial charge in [-0.2, -0.15) is 0 Å². The van der Waals surface area contributed by atoms with Crippen LogP contribution in [0.25, 0.3) is 0 Å². The number of nitrogens with zero attached hydrogens (tertiary/aromatic N) is 1. The number of fused-ring (bicyclic) bond motifs is 1. The highest BCUT2D eigenvalue weighted by molar-refractivity contribution is 8.01. The summed E-state index contributed by atoms with van der Waals surface area (Å²) in [4.78, 5) is 37.2. The minimum Gasteiger partial charge on any atom is -0.427 e. The molecule has 0 aromatic carbocycles. The number of carbonyl (C=O) groups excluding carboxylic acids is 3. The van der Waals surface area contributed by atoms with Crippen LogP contribution in [0.4, 0.5) is 0 Å². The number of β-lactam (4-membered cyclic amide) rings is 1. The molecule has 2 aliphatic rings. The van der Waals surface area contributed by atoms with E-state index >= 15 is 0 Å². The van der Waals surface area contributed by atoms with Gasteiger partial charge in [0.05, 0.1) is 5.41 Å². The summed E-state index contributed by atoms with van der Waals surface area (Å²) in [5.74, 6) is -1.29. The Labute approximate surface area is 133 Å². The molecule has 2 N–H and O–H groups in total. The van der Waals surface area contributed by atoms with Gasteiger partial charge in [0.1, 0.15) is 17.5 Å². The summed E-state index contributed by atoms with van der Waals surface area (Å²) in [6, 6.07) is -1.29. The van der Waals surface area contributed by atoms with Gasteiger partial charge in [0, 0.05) is 4.75 Å². The number of nitrogens with two attached hydrogens (primary N) is 1. The van der Waals surface area contributed by atoms with Gasteiger partial charge in [-0.15, -0.1) is 11.8 Å². The van der Waals surface area contributed by atoms with E-state index in [1.165, 1.54) is 16.7 Å². The van der Waals surface area contributed by atoms with Gasteiger partial charge in [-0.1, -0.05) is 0 Å². The van der Waals surface area contributed by atoms with E-state index in [-0.39, 0.29) is 11.3 Å². The summed E-state index contributed by atoms with van der Waals surface area (Å²) < 4.78 is 9.45. The van der Waals surface area contributed by atoms with Crippen LogP contribution < -0.4 is 5.73 Å². The van der Waals surface area contributed by atoms with E-state index in [0.717, 1.165) is 0 Å². The van der Waals surface area contributed by atoms with Crippen molar-refractivity contribution in [2.24, 2.45) is 11.1 Å². The highest BCUT2D eigenvalue weighted by Crippen LogP contribution is 2.50. The summed E-state index contributed by atoms with van der Waals surface area (Å²) in [6.45, 7) is 8.40. The van der Waals surface area contributed by atoms with Crippen LogP contribution in [0.3, 0.4) is 0 Å². The summed E-state index contributed by atoms with van der Waals surface area (Å²) in [7, 11) is 0. The number of rotatable bonds is 3. The third kappa shape index (κ3) is 2.81. The van der Waals surface area contributed by atoms with Crippen molar-refractivity contribution in [2.45, 2.75) is 56.8 Å². The second kappa shape index (κ2) is 5.42. The maximum absolute atomic E-state index is 12.3. The van der Waals surface area contributed by atoms with Gasteiger partial charge in [-0.05, 0) is 34.6 Å². The van der Waals surface area contributed by atoms with Crippen molar-refractivity contribution in [3.8, 4) is 0 Å². The summed E-state index contributed by atoms with van der Waals surface area (Å²) in [5, 5.41) is -0.197. The topological polar surface area (TPSA) is 98.9 Å². The predicted molar refractivity (Wildman–Crippen MR) is 80.6 cm³/mol. The van der Waals surface area contributed by atoms with E-state index in [4.69, 9.17) is 15.2 Å². The Morgan fingerprint density at radius 3 is 2.45 bits per heavy atom. The van der Waals surface area contributed by atoms with E-state index < -0.39 is 41.0 Å². The van der Waals surface area contributed by atoms with Crippen molar-refractivity contribution in [1.29, 1.82) is 0 Å². The zero-order valence-corrected chi connectivity index (χ0v) is 14.2. The third-order valence-electron chi connectivity index (χ3n) is 3.71. The monoisotopic (exact) mass is 330 g/mol. The number of thioether (sulfide) groups is 1. The van der Waals surface area contributed by atoms with E-state index in [9.17, 15) is 14.4 Å². The molecular weight excluding hydrogens is 308 g/mol. The second-order valence-electron chi connectivity index (χ2n) is 7.05. The van der Waals surface area contributed by atoms with Crippen LogP contribution in [0.5, 0.6) is 0 Å². The van der Waals surface area contributed by atoms with Gasteiger partial charge in [-0.3, -0.25) is 9.59 Å². The van der Waals surface area contributed by atoms with E-state index in [2.05, 4.69) is 0 Å². The second-order valence-corrected chi connectivity index (χ2v) is 8.82. The highest BCUT2D eigenvalue weighted by Gasteiger charge is 2.63. The third-order valence-corrected chi connectivity index (χ3v) is 5.30. The fourth-order valence-electron chi connectivity index (χ4n) is 2.46. The number of carbonyl (C=O) groups is 3. The Hall–Kier alpha value is -1.28. The molecule has 0 aromatic rings. The fraction of sp³-hybridized carbons (Fsp3) is 0.786. The smallest absolute Gasteiger partial charge is 0.333 e. The number of amides is 1. The molecule has 0 aromatic heterocycles. The number of ether oxygens (including phenoxy) is 2. The largest absolute Gasteiger partial charge is 0.427 e. The number of esters is 2. The number of hydrogen-bond donors (Lipinski definition) is 1. The molecule has 0 radical (unpaired) electrons. The van der Waals surface area contributed by atoms with Gasteiger partial charge in [0.15, 0.2) is 0 Å². The highest BCUT2D eigenvalue weighted by atomic mass is 32.2. The maximum atomic E-state index is 12.3. The van der Waals surface area contributed by atoms with E-state index in [1.54, 1.807) is 20.8 Å². The molecule has 22 heavy (non-hydrogen) atoms. The van der Waals surface area contributed by atoms with Crippen LogP contribution in [0.2, 0.25) is 0 Å².